The monoisotopic (exact) mass is 420 g/mol. The molecule has 1 aromatic carbocycles. The molecule has 30 heavy (non-hydrogen) atoms. The number of hydrogen-bond donors (Lipinski definition) is 2. The maximum absolute atomic E-state index is 11.8. The summed E-state index contributed by atoms with van der Waals surface area (Å²) in [7, 11) is 0. The lowest BCUT2D eigenvalue weighted by Crippen LogP contribution is -2.12. The standard InChI is InChI=1S/C21H20N6O2S/c22-19(28)14-6-3-8-17-15(14)12-24-27(17)21-25-16-7-1-2-9-29-18(16)20(26-21)23-11-13-5-4-10-30-13/h3-6,8,10,12H,1-2,7,9,11H2,(H2,22,28)(H,23,25,26). The molecule has 0 saturated carbocycles. The van der Waals surface area contributed by atoms with Gasteiger partial charge < -0.3 is 15.8 Å². The average Bonchev–Trinajstić information content (AvgIpc) is 3.36. The molecule has 3 N–H and O–H groups in total. The Balaban J connectivity index is 1.61. The van der Waals surface area contributed by atoms with Crippen LogP contribution < -0.4 is 15.8 Å². The van der Waals surface area contributed by atoms with E-state index in [1.54, 1.807) is 34.3 Å². The number of ether oxygens (including phenoxy) is 1. The fraction of sp³-hybridized carbons (Fsp3) is 0.238. The van der Waals surface area contributed by atoms with Crippen molar-refractivity contribution in [2.24, 2.45) is 5.73 Å². The smallest absolute Gasteiger partial charge is 0.253 e. The van der Waals surface area contributed by atoms with Gasteiger partial charge in [0.25, 0.3) is 5.95 Å². The zero-order chi connectivity index (χ0) is 20.5. The number of thiophene rings is 1. The molecular weight excluding hydrogens is 400 g/mol. The second-order valence-electron chi connectivity index (χ2n) is 7.05. The third kappa shape index (κ3) is 3.37. The quantitative estimate of drug-likeness (QED) is 0.513. The van der Waals surface area contributed by atoms with E-state index in [1.165, 1.54) is 4.88 Å². The first-order valence-electron chi connectivity index (χ1n) is 9.77. The fourth-order valence-corrected chi connectivity index (χ4v) is 4.24. The van der Waals surface area contributed by atoms with E-state index in [2.05, 4.69) is 16.5 Å². The molecule has 0 fully saturated rings. The number of aromatic nitrogens is 4. The molecule has 1 aliphatic rings. The van der Waals surface area contributed by atoms with Crippen molar-refractivity contribution in [2.45, 2.75) is 25.8 Å². The molecule has 5 rings (SSSR count). The van der Waals surface area contributed by atoms with Crippen LogP contribution in [0.2, 0.25) is 0 Å². The van der Waals surface area contributed by atoms with Gasteiger partial charge in [0.1, 0.15) is 0 Å². The number of amides is 1. The molecule has 4 heterocycles. The Morgan fingerprint density at radius 3 is 3.00 bits per heavy atom. The summed E-state index contributed by atoms with van der Waals surface area (Å²) in [5.74, 6) is 1.31. The van der Waals surface area contributed by atoms with E-state index in [0.29, 0.717) is 41.6 Å². The van der Waals surface area contributed by atoms with Crippen molar-refractivity contribution in [3.63, 3.8) is 0 Å². The SMILES string of the molecule is NC(=O)c1cccc2c1cnn2-c1nc2c(c(NCc3cccs3)n1)OCCCC2. The number of aryl methyl sites for hydroxylation is 1. The lowest BCUT2D eigenvalue weighted by atomic mass is 10.1. The first kappa shape index (κ1) is 18.6. The lowest BCUT2D eigenvalue weighted by Gasteiger charge is -2.15. The lowest BCUT2D eigenvalue weighted by molar-refractivity contribution is 0.100. The minimum absolute atomic E-state index is 0.424. The van der Waals surface area contributed by atoms with Crippen molar-refractivity contribution in [1.29, 1.82) is 0 Å². The van der Waals surface area contributed by atoms with E-state index < -0.39 is 5.91 Å². The zero-order valence-electron chi connectivity index (χ0n) is 16.2. The Labute approximate surface area is 176 Å². The molecule has 9 heteroatoms. The van der Waals surface area contributed by atoms with Crippen molar-refractivity contribution in [3.05, 3.63) is 58.0 Å². The van der Waals surface area contributed by atoms with Crippen LogP contribution in [-0.2, 0) is 13.0 Å². The highest BCUT2D eigenvalue weighted by molar-refractivity contribution is 7.09. The second kappa shape index (κ2) is 7.75. The van der Waals surface area contributed by atoms with Crippen molar-refractivity contribution in [1.82, 2.24) is 19.7 Å². The van der Waals surface area contributed by atoms with Gasteiger partial charge in [-0.2, -0.15) is 14.8 Å². The maximum atomic E-state index is 11.8. The van der Waals surface area contributed by atoms with Crippen LogP contribution in [0.3, 0.4) is 0 Å². The Hall–Kier alpha value is -3.46. The van der Waals surface area contributed by atoms with Crippen LogP contribution in [0.4, 0.5) is 5.82 Å². The predicted octanol–water partition coefficient (Wildman–Crippen LogP) is 3.30. The van der Waals surface area contributed by atoms with Gasteiger partial charge in [0.05, 0.1) is 36.1 Å². The van der Waals surface area contributed by atoms with E-state index in [4.69, 9.17) is 20.4 Å². The minimum atomic E-state index is -0.491. The Kier molecular flexibility index (Phi) is 4.80. The van der Waals surface area contributed by atoms with Gasteiger partial charge in [0.2, 0.25) is 5.91 Å². The number of hydrogen-bond acceptors (Lipinski definition) is 7. The third-order valence-electron chi connectivity index (χ3n) is 5.06. The number of nitrogens with two attached hydrogens (primary N) is 1. The summed E-state index contributed by atoms with van der Waals surface area (Å²) in [5, 5.41) is 10.6. The van der Waals surface area contributed by atoms with E-state index in [1.807, 2.05) is 17.5 Å². The molecular formula is C21H20N6O2S. The first-order valence-corrected chi connectivity index (χ1v) is 10.7. The molecule has 3 aromatic heterocycles. The summed E-state index contributed by atoms with van der Waals surface area (Å²) in [6, 6.07) is 9.44. The van der Waals surface area contributed by atoms with Gasteiger partial charge in [-0.3, -0.25) is 4.79 Å². The van der Waals surface area contributed by atoms with Gasteiger partial charge >= 0.3 is 0 Å². The highest BCUT2D eigenvalue weighted by Crippen LogP contribution is 2.32. The summed E-state index contributed by atoms with van der Waals surface area (Å²) < 4.78 is 7.63. The fourth-order valence-electron chi connectivity index (χ4n) is 3.60. The number of nitrogens with one attached hydrogen (secondary N) is 1. The Morgan fingerprint density at radius 2 is 2.17 bits per heavy atom. The van der Waals surface area contributed by atoms with Gasteiger partial charge in [-0.05, 0) is 42.8 Å². The summed E-state index contributed by atoms with van der Waals surface area (Å²) in [5.41, 5.74) is 7.53. The van der Waals surface area contributed by atoms with E-state index in [-0.39, 0.29) is 0 Å². The molecule has 0 unspecified atom stereocenters. The molecule has 0 aliphatic carbocycles. The highest BCUT2D eigenvalue weighted by Gasteiger charge is 2.21. The van der Waals surface area contributed by atoms with Crippen LogP contribution >= 0.6 is 11.3 Å². The normalized spacial score (nSPS) is 13.5. The molecule has 0 atom stereocenters. The molecule has 0 bridgehead atoms. The van der Waals surface area contributed by atoms with Crippen LogP contribution in [0.25, 0.3) is 16.9 Å². The molecule has 0 saturated heterocycles. The van der Waals surface area contributed by atoms with Gasteiger partial charge in [0.15, 0.2) is 11.6 Å². The van der Waals surface area contributed by atoms with Crippen LogP contribution in [0.1, 0.15) is 33.8 Å². The number of primary amides is 1. The molecule has 152 valence electrons. The molecule has 1 amide bonds. The summed E-state index contributed by atoms with van der Waals surface area (Å²) in [6.07, 6.45) is 4.41. The number of carbonyl (C=O) groups excluding carboxylic acids is 1. The predicted molar refractivity (Wildman–Crippen MR) is 115 cm³/mol. The summed E-state index contributed by atoms with van der Waals surface area (Å²) in [6.45, 7) is 1.30. The van der Waals surface area contributed by atoms with Gasteiger partial charge in [0, 0.05) is 10.3 Å². The average molecular weight is 420 g/mol. The second-order valence-corrected chi connectivity index (χ2v) is 8.08. The minimum Gasteiger partial charge on any atom is -0.488 e. The first-order chi connectivity index (χ1) is 14.7. The van der Waals surface area contributed by atoms with Crippen LogP contribution in [0.5, 0.6) is 5.75 Å². The number of carbonyl (C=O) groups is 1. The third-order valence-corrected chi connectivity index (χ3v) is 5.93. The van der Waals surface area contributed by atoms with E-state index in [0.717, 1.165) is 30.5 Å². The zero-order valence-corrected chi connectivity index (χ0v) is 17.0. The summed E-state index contributed by atoms with van der Waals surface area (Å²) >= 11 is 1.68. The van der Waals surface area contributed by atoms with E-state index in [9.17, 15) is 4.79 Å². The summed E-state index contributed by atoms with van der Waals surface area (Å²) in [4.78, 5) is 22.5. The van der Waals surface area contributed by atoms with Crippen molar-refractivity contribution in [3.8, 4) is 11.7 Å². The molecule has 4 aromatic rings. The number of anilines is 1. The maximum Gasteiger partial charge on any atom is 0.253 e. The van der Waals surface area contributed by atoms with E-state index >= 15 is 0 Å². The Morgan fingerprint density at radius 1 is 1.23 bits per heavy atom. The van der Waals surface area contributed by atoms with Crippen molar-refractivity contribution < 1.29 is 9.53 Å². The van der Waals surface area contributed by atoms with Gasteiger partial charge in [-0.15, -0.1) is 11.3 Å². The largest absolute Gasteiger partial charge is 0.488 e. The number of nitrogens with zero attached hydrogens (tertiary/aromatic N) is 4. The van der Waals surface area contributed by atoms with Crippen LogP contribution in [0, 0.1) is 0 Å². The van der Waals surface area contributed by atoms with Crippen molar-refractivity contribution >= 4 is 34.0 Å². The number of rotatable bonds is 5. The van der Waals surface area contributed by atoms with Gasteiger partial charge in [-0.25, -0.2) is 4.98 Å². The topological polar surface area (TPSA) is 108 Å². The van der Waals surface area contributed by atoms with Crippen molar-refractivity contribution in [2.75, 3.05) is 11.9 Å². The molecule has 1 aliphatic heterocycles. The molecule has 0 spiro atoms. The van der Waals surface area contributed by atoms with Crippen LogP contribution in [-0.4, -0.2) is 32.3 Å². The number of benzene rings is 1. The molecule has 0 radical (unpaired) electrons. The van der Waals surface area contributed by atoms with Gasteiger partial charge in [-0.1, -0.05) is 12.1 Å². The highest BCUT2D eigenvalue weighted by atomic mass is 32.1. The Bertz CT molecular complexity index is 1220. The number of fused-ring (bicyclic) bond motifs is 2. The molecule has 8 nitrogen and oxygen atoms in total. The van der Waals surface area contributed by atoms with Crippen LogP contribution in [0.15, 0.2) is 41.9 Å².